The summed E-state index contributed by atoms with van der Waals surface area (Å²) in [6, 6.07) is 22.5. The summed E-state index contributed by atoms with van der Waals surface area (Å²) in [4.78, 5) is 0. The van der Waals surface area contributed by atoms with Crippen LogP contribution >= 0.6 is 0 Å². The van der Waals surface area contributed by atoms with Crippen LogP contribution in [0.3, 0.4) is 0 Å². The Kier molecular flexibility index (Phi) is 16.3. The van der Waals surface area contributed by atoms with Gasteiger partial charge in [0, 0.05) is 11.1 Å². The Morgan fingerprint density at radius 2 is 0.812 bits per heavy atom. The van der Waals surface area contributed by atoms with Crippen molar-refractivity contribution in [1.82, 2.24) is 0 Å². The van der Waals surface area contributed by atoms with Gasteiger partial charge in [-0.2, -0.15) is 0 Å². The number of benzene rings is 2. The fourth-order valence-corrected chi connectivity index (χ4v) is 4.88. The topological polar surface area (TPSA) is 0 Å². The molecule has 1 nitrogen and oxygen atoms in total. The number of hydrogen-bond donors (Lipinski definition) is 0. The minimum absolute atomic E-state index is 0. The van der Waals surface area contributed by atoms with Crippen molar-refractivity contribution in [3.05, 3.63) is 71.8 Å². The first kappa shape index (κ1) is 28.7. The van der Waals surface area contributed by atoms with Gasteiger partial charge in [0.2, 0.25) is 0 Å². The molecule has 180 valence electrons. The molecule has 0 bridgehead atoms. The maximum absolute atomic E-state index is 2.33. The van der Waals surface area contributed by atoms with Crippen molar-refractivity contribution in [3.8, 4) is 0 Å². The molecule has 2 aromatic rings. The Labute approximate surface area is 205 Å². The van der Waals surface area contributed by atoms with E-state index in [1.807, 2.05) is 0 Å². The second kappa shape index (κ2) is 18.2. The normalized spacial score (nSPS) is 11.3. The number of hydrogen-bond acceptors (Lipinski definition) is 0. The van der Waals surface area contributed by atoms with Crippen LogP contribution in [0.1, 0.15) is 102 Å². The van der Waals surface area contributed by atoms with Crippen molar-refractivity contribution >= 4 is 0 Å². The highest BCUT2D eigenvalue weighted by Gasteiger charge is 2.27. The first-order valence-electron chi connectivity index (χ1n) is 13.2. The van der Waals surface area contributed by atoms with E-state index >= 15 is 0 Å². The third-order valence-electron chi connectivity index (χ3n) is 6.69. The molecular formula is C30H48ClN. The van der Waals surface area contributed by atoms with Gasteiger partial charge in [-0.25, -0.2) is 0 Å². The van der Waals surface area contributed by atoms with Gasteiger partial charge in [-0.15, -0.1) is 0 Å². The molecule has 0 heterocycles. The van der Waals surface area contributed by atoms with E-state index in [0.29, 0.717) is 0 Å². The lowest BCUT2D eigenvalue weighted by Crippen LogP contribution is -3.00. The van der Waals surface area contributed by atoms with E-state index in [4.69, 9.17) is 0 Å². The van der Waals surface area contributed by atoms with Gasteiger partial charge in [0.05, 0.1) is 13.1 Å². The van der Waals surface area contributed by atoms with Gasteiger partial charge in [-0.05, 0) is 25.7 Å². The predicted molar refractivity (Wildman–Crippen MR) is 137 cm³/mol. The zero-order valence-corrected chi connectivity index (χ0v) is 21.7. The SMILES string of the molecule is CCCCCCCC[N+](CCCCCCCC)(Cc1ccccc1)Cc1ccccc1.[Cl-]. The first-order chi connectivity index (χ1) is 15.3. The summed E-state index contributed by atoms with van der Waals surface area (Å²) < 4.78 is 1.22. The highest BCUT2D eigenvalue weighted by molar-refractivity contribution is 5.15. The molecule has 0 unspecified atom stereocenters. The van der Waals surface area contributed by atoms with Crippen LogP contribution in [0.15, 0.2) is 60.7 Å². The second-order valence-corrected chi connectivity index (χ2v) is 9.61. The third kappa shape index (κ3) is 12.1. The molecule has 2 rings (SSSR count). The van der Waals surface area contributed by atoms with Crippen LogP contribution in [0.4, 0.5) is 0 Å². The molecule has 0 aliphatic rings. The van der Waals surface area contributed by atoms with Crippen LogP contribution in [0, 0.1) is 0 Å². The van der Waals surface area contributed by atoms with Crippen LogP contribution in [-0.4, -0.2) is 17.6 Å². The summed E-state index contributed by atoms with van der Waals surface area (Å²) in [7, 11) is 0. The number of nitrogens with zero attached hydrogens (tertiary/aromatic N) is 1. The summed E-state index contributed by atoms with van der Waals surface area (Å²) in [5.74, 6) is 0. The number of rotatable bonds is 18. The minimum Gasteiger partial charge on any atom is -1.00 e. The summed E-state index contributed by atoms with van der Waals surface area (Å²) in [5, 5.41) is 0. The average molecular weight is 458 g/mol. The number of quaternary nitrogens is 1. The van der Waals surface area contributed by atoms with Gasteiger partial charge in [-0.1, -0.05) is 126 Å². The van der Waals surface area contributed by atoms with E-state index in [2.05, 4.69) is 74.5 Å². The van der Waals surface area contributed by atoms with Gasteiger partial charge >= 0.3 is 0 Å². The van der Waals surface area contributed by atoms with Crippen molar-refractivity contribution in [1.29, 1.82) is 0 Å². The summed E-state index contributed by atoms with van der Waals surface area (Å²) in [6.45, 7) is 9.57. The molecular weight excluding hydrogens is 410 g/mol. The molecule has 0 saturated carbocycles. The van der Waals surface area contributed by atoms with Crippen LogP contribution in [-0.2, 0) is 13.1 Å². The molecule has 0 amide bonds. The Morgan fingerprint density at radius 3 is 1.19 bits per heavy atom. The Morgan fingerprint density at radius 1 is 0.469 bits per heavy atom. The van der Waals surface area contributed by atoms with Crippen molar-refractivity contribution < 1.29 is 16.9 Å². The summed E-state index contributed by atoms with van der Waals surface area (Å²) in [5.41, 5.74) is 2.99. The highest BCUT2D eigenvalue weighted by Crippen LogP contribution is 2.24. The average Bonchev–Trinajstić information content (AvgIpc) is 2.80. The molecule has 0 fully saturated rings. The van der Waals surface area contributed by atoms with E-state index in [-0.39, 0.29) is 12.4 Å². The standard InChI is InChI=1S/C30H48N.ClH/c1-3-5-7-9-11-19-25-31(26-20-12-10-8-6-4-2,27-29-21-15-13-16-22-29)28-30-23-17-14-18-24-30;/h13-18,21-24H,3-12,19-20,25-28H2,1-2H3;1H/q+1;/p-1. The fourth-order valence-electron chi connectivity index (χ4n) is 4.88. The zero-order valence-electron chi connectivity index (χ0n) is 20.9. The molecule has 2 heteroatoms. The van der Waals surface area contributed by atoms with Gasteiger partial charge in [0.1, 0.15) is 13.1 Å². The zero-order chi connectivity index (χ0) is 22.0. The molecule has 0 aliphatic carbocycles. The largest absolute Gasteiger partial charge is 1.00 e. The van der Waals surface area contributed by atoms with Gasteiger partial charge in [0.15, 0.2) is 0 Å². The molecule has 0 spiro atoms. The van der Waals surface area contributed by atoms with E-state index in [1.165, 1.54) is 119 Å². The van der Waals surface area contributed by atoms with Crippen molar-refractivity contribution in [3.63, 3.8) is 0 Å². The predicted octanol–water partition coefficient (Wildman–Crippen LogP) is 5.93. The van der Waals surface area contributed by atoms with Gasteiger partial charge < -0.3 is 16.9 Å². The van der Waals surface area contributed by atoms with Crippen LogP contribution in [0.25, 0.3) is 0 Å². The van der Waals surface area contributed by atoms with Crippen LogP contribution < -0.4 is 12.4 Å². The quantitative estimate of drug-likeness (QED) is 0.192. The Bertz CT molecular complexity index is 596. The summed E-state index contributed by atoms with van der Waals surface area (Å²) >= 11 is 0. The summed E-state index contributed by atoms with van der Waals surface area (Å²) in [6.07, 6.45) is 16.6. The molecule has 0 saturated heterocycles. The van der Waals surface area contributed by atoms with Crippen molar-refractivity contribution in [2.24, 2.45) is 0 Å². The molecule has 0 radical (unpaired) electrons. The maximum atomic E-state index is 2.33. The molecule has 0 atom stereocenters. The second-order valence-electron chi connectivity index (χ2n) is 9.61. The third-order valence-corrected chi connectivity index (χ3v) is 6.69. The highest BCUT2D eigenvalue weighted by atomic mass is 35.5. The lowest BCUT2D eigenvalue weighted by atomic mass is 10.0. The van der Waals surface area contributed by atoms with Crippen LogP contribution in [0.2, 0.25) is 0 Å². The molecule has 0 N–H and O–H groups in total. The minimum atomic E-state index is 0. The molecule has 2 aromatic carbocycles. The lowest BCUT2D eigenvalue weighted by molar-refractivity contribution is -0.954. The number of halogens is 1. The maximum Gasteiger partial charge on any atom is 0.105 e. The fraction of sp³-hybridized carbons (Fsp3) is 0.600. The monoisotopic (exact) mass is 457 g/mol. The van der Waals surface area contributed by atoms with E-state index < -0.39 is 0 Å². The number of unbranched alkanes of at least 4 members (excludes halogenated alkanes) is 10. The smallest absolute Gasteiger partial charge is 0.105 e. The van der Waals surface area contributed by atoms with Crippen molar-refractivity contribution in [2.75, 3.05) is 13.1 Å². The van der Waals surface area contributed by atoms with E-state index in [0.717, 1.165) is 0 Å². The van der Waals surface area contributed by atoms with E-state index in [1.54, 1.807) is 0 Å². The van der Waals surface area contributed by atoms with Crippen LogP contribution in [0.5, 0.6) is 0 Å². The lowest BCUT2D eigenvalue weighted by Gasteiger charge is -2.39. The molecule has 0 aromatic heterocycles. The van der Waals surface area contributed by atoms with Gasteiger partial charge in [-0.3, -0.25) is 0 Å². The Hall–Kier alpha value is -1.31. The first-order valence-corrected chi connectivity index (χ1v) is 13.2. The Balaban J connectivity index is 0.00000512. The molecule has 32 heavy (non-hydrogen) atoms. The van der Waals surface area contributed by atoms with Gasteiger partial charge in [0.25, 0.3) is 0 Å². The molecule has 0 aliphatic heterocycles. The van der Waals surface area contributed by atoms with Crippen molar-refractivity contribution in [2.45, 2.75) is 104 Å². The van der Waals surface area contributed by atoms with E-state index in [9.17, 15) is 0 Å².